The summed E-state index contributed by atoms with van der Waals surface area (Å²) in [4.78, 5) is 0. The van der Waals surface area contributed by atoms with Gasteiger partial charge in [-0.25, -0.2) is 0 Å². The van der Waals surface area contributed by atoms with Crippen LogP contribution in [0, 0.1) is 12.8 Å². The van der Waals surface area contributed by atoms with E-state index in [1.807, 2.05) is 0 Å². The molecule has 1 saturated heterocycles. The lowest BCUT2D eigenvalue weighted by Crippen LogP contribution is -2.31. The Labute approximate surface area is 114 Å². The third kappa shape index (κ3) is 2.07. The Kier molecular flexibility index (Phi) is 3.33. The second-order valence-corrected chi connectivity index (χ2v) is 5.61. The number of aryl methyl sites for hydroxylation is 1. The molecule has 2 aromatic rings. The highest BCUT2D eigenvalue weighted by Gasteiger charge is 2.27. The second-order valence-electron chi connectivity index (χ2n) is 5.61. The zero-order valence-corrected chi connectivity index (χ0v) is 11.7. The molecule has 0 radical (unpaired) electrons. The molecule has 1 aromatic carbocycles. The predicted octanol–water partition coefficient (Wildman–Crippen LogP) is 2.52. The topological polar surface area (TPSA) is 37.2 Å². The molecule has 1 aliphatic rings. The molecule has 0 amide bonds. The molecule has 3 heteroatoms. The summed E-state index contributed by atoms with van der Waals surface area (Å²) in [5.74, 6) is 0.380. The molecule has 1 unspecified atom stereocenters. The van der Waals surface area contributed by atoms with Crippen LogP contribution in [0.2, 0.25) is 0 Å². The van der Waals surface area contributed by atoms with Crippen molar-refractivity contribution in [2.24, 2.45) is 13.0 Å². The Bertz CT molecular complexity index is 582. The number of piperidine rings is 1. The first-order valence-corrected chi connectivity index (χ1v) is 7.13. The Morgan fingerprint density at radius 2 is 1.95 bits per heavy atom. The molecule has 102 valence electrons. The van der Waals surface area contributed by atoms with Crippen molar-refractivity contribution in [1.82, 2.24) is 9.88 Å². The Balaban J connectivity index is 2.06. The van der Waals surface area contributed by atoms with Crippen LogP contribution in [0.15, 0.2) is 24.3 Å². The van der Waals surface area contributed by atoms with Crippen LogP contribution in [-0.2, 0) is 7.05 Å². The Morgan fingerprint density at radius 1 is 1.26 bits per heavy atom. The van der Waals surface area contributed by atoms with Gasteiger partial charge < -0.3 is 15.0 Å². The van der Waals surface area contributed by atoms with Gasteiger partial charge in [0.1, 0.15) is 0 Å². The van der Waals surface area contributed by atoms with E-state index >= 15 is 0 Å². The summed E-state index contributed by atoms with van der Waals surface area (Å²) in [6.07, 6.45) is 1.78. The number of para-hydroxylation sites is 1. The molecule has 1 aliphatic heterocycles. The molecular weight excluding hydrogens is 236 g/mol. The number of aromatic nitrogens is 1. The fourth-order valence-electron chi connectivity index (χ4n) is 3.32. The lowest BCUT2D eigenvalue weighted by atomic mass is 9.87. The minimum atomic E-state index is -0.340. The smallest absolute Gasteiger partial charge is 0.0842 e. The third-order valence-electron chi connectivity index (χ3n) is 4.57. The van der Waals surface area contributed by atoms with Gasteiger partial charge in [0.15, 0.2) is 0 Å². The molecule has 1 atom stereocenters. The summed E-state index contributed by atoms with van der Waals surface area (Å²) in [6.45, 7) is 4.15. The average molecular weight is 258 g/mol. The summed E-state index contributed by atoms with van der Waals surface area (Å²) in [5, 5.41) is 15.4. The zero-order chi connectivity index (χ0) is 13.4. The molecule has 3 rings (SSSR count). The molecule has 3 nitrogen and oxygen atoms in total. The van der Waals surface area contributed by atoms with E-state index in [1.165, 1.54) is 16.6 Å². The molecule has 2 heterocycles. The SMILES string of the molecule is Cc1c(C(O)C2CCNCC2)c2ccccc2n1C. The van der Waals surface area contributed by atoms with Crippen molar-refractivity contribution >= 4 is 10.9 Å². The summed E-state index contributed by atoms with van der Waals surface area (Å²) in [7, 11) is 2.08. The van der Waals surface area contributed by atoms with Crippen molar-refractivity contribution in [2.75, 3.05) is 13.1 Å². The number of nitrogens with zero attached hydrogens (tertiary/aromatic N) is 1. The summed E-state index contributed by atoms with van der Waals surface area (Å²) in [6, 6.07) is 8.37. The monoisotopic (exact) mass is 258 g/mol. The van der Waals surface area contributed by atoms with E-state index in [0.717, 1.165) is 31.5 Å². The first-order valence-electron chi connectivity index (χ1n) is 7.13. The predicted molar refractivity (Wildman–Crippen MR) is 78.2 cm³/mol. The van der Waals surface area contributed by atoms with Crippen molar-refractivity contribution in [3.8, 4) is 0 Å². The third-order valence-corrected chi connectivity index (χ3v) is 4.57. The van der Waals surface area contributed by atoms with Crippen LogP contribution >= 0.6 is 0 Å². The fourth-order valence-corrected chi connectivity index (χ4v) is 3.32. The Hall–Kier alpha value is -1.32. The van der Waals surface area contributed by atoms with E-state index in [4.69, 9.17) is 0 Å². The number of fused-ring (bicyclic) bond motifs is 1. The fraction of sp³-hybridized carbons (Fsp3) is 0.500. The van der Waals surface area contributed by atoms with Crippen molar-refractivity contribution in [1.29, 1.82) is 0 Å². The van der Waals surface area contributed by atoms with Gasteiger partial charge in [-0.15, -0.1) is 0 Å². The standard InChI is InChI=1S/C16H22N2O/c1-11-15(16(19)12-7-9-17-10-8-12)13-5-3-4-6-14(13)18(11)2/h3-6,12,16-17,19H,7-10H2,1-2H3. The van der Waals surface area contributed by atoms with E-state index in [9.17, 15) is 5.11 Å². The van der Waals surface area contributed by atoms with Gasteiger partial charge in [-0.2, -0.15) is 0 Å². The van der Waals surface area contributed by atoms with E-state index in [2.05, 4.69) is 48.1 Å². The molecule has 2 N–H and O–H groups in total. The minimum Gasteiger partial charge on any atom is -0.388 e. The maximum Gasteiger partial charge on any atom is 0.0842 e. The maximum atomic E-state index is 10.8. The molecule has 0 aliphatic carbocycles. The zero-order valence-electron chi connectivity index (χ0n) is 11.7. The van der Waals surface area contributed by atoms with E-state index in [-0.39, 0.29) is 6.10 Å². The van der Waals surface area contributed by atoms with Gasteiger partial charge in [-0.05, 0) is 44.8 Å². The summed E-state index contributed by atoms with van der Waals surface area (Å²) < 4.78 is 2.19. The van der Waals surface area contributed by atoms with Gasteiger partial charge in [0.25, 0.3) is 0 Å². The number of rotatable bonds is 2. The van der Waals surface area contributed by atoms with Crippen LogP contribution in [0.25, 0.3) is 10.9 Å². The van der Waals surface area contributed by atoms with Crippen molar-refractivity contribution in [3.63, 3.8) is 0 Å². The lowest BCUT2D eigenvalue weighted by Gasteiger charge is -2.27. The van der Waals surface area contributed by atoms with Crippen LogP contribution in [0.3, 0.4) is 0 Å². The number of aliphatic hydroxyl groups excluding tert-OH is 1. The van der Waals surface area contributed by atoms with Crippen LogP contribution in [-0.4, -0.2) is 22.8 Å². The first kappa shape index (κ1) is 12.7. The van der Waals surface area contributed by atoms with Crippen LogP contribution < -0.4 is 5.32 Å². The molecular formula is C16H22N2O. The van der Waals surface area contributed by atoms with Gasteiger partial charge in [-0.1, -0.05) is 18.2 Å². The molecule has 1 aromatic heterocycles. The maximum absolute atomic E-state index is 10.8. The Morgan fingerprint density at radius 3 is 2.68 bits per heavy atom. The van der Waals surface area contributed by atoms with Crippen LogP contribution in [0.5, 0.6) is 0 Å². The average Bonchev–Trinajstić information content (AvgIpc) is 2.72. The van der Waals surface area contributed by atoms with Gasteiger partial charge in [0.05, 0.1) is 6.10 Å². The highest BCUT2D eigenvalue weighted by atomic mass is 16.3. The van der Waals surface area contributed by atoms with Crippen molar-refractivity contribution < 1.29 is 5.11 Å². The quantitative estimate of drug-likeness (QED) is 0.868. The van der Waals surface area contributed by atoms with Crippen LogP contribution in [0.1, 0.15) is 30.2 Å². The molecule has 0 bridgehead atoms. The van der Waals surface area contributed by atoms with Gasteiger partial charge >= 0.3 is 0 Å². The van der Waals surface area contributed by atoms with E-state index < -0.39 is 0 Å². The number of hydrogen-bond donors (Lipinski definition) is 2. The highest BCUT2D eigenvalue weighted by Crippen LogP contribution is 2.36. The van der Waals surface area contributed by atoms with Crippen molar-refractivity contribution in [2.45, 2.75) is 25.9 Å². The normalized spacial score (nSPS) is 18.9. The molecule has 0 spiro atoms. The van der Waals surface area contributed by atoms with E-state index in [0.29, 0.717) is 5.92 Å². The highest BCUT2D eigenvalue weighted by molar-refractivity contribution is 5.85. The summed E-state index contributed by atoms with van der Waals surface area (Å²) >= 11 is 0. The van der Waals surface area contributed by atoms with Gasteiger partial charge in [-0.3, -0.25) is 0 Å². The van der Waals surface area contributed by atoms with Crippen molar-refractivity contribution in [3.05, 3.63) is 35.5 Å². The molecule has 1 fully saturated rings. The first-order chi connectivity index (χ1) is 9.20. The van der Waals surface area contributed by atoms with Crippen LogP contribution in [0.4, 0.5) is 0 Å². The van der Waals surface area contributed by atoms with E-state index in [1.54, 1.807) is 0 Å². The number of aliphatic hydroxyl groups is 1. The number of nitrogens with one attached hydrogen (secondary N) is 1. The lowest BCUT2D eigenvalue weighted by molar-refractivity contribution is 0.0894. The van der Waals surface area contributed by atoms with Gasteiger partial charge in [0.2, 0.25) is 0 Å². The number of hydrogen-bond acceptors (Lipinski definition) is 2. The van der Waals surface area contributed by atoms with Gasteiger partial charge in [0, 0.05) is 29.2 Å². The molecule has 19 heavy (non-hydrogen) atoms. The largest absolute Gasteiger partial charge is 0.388 e. The minimum absolute atomic E-state index is 0.340. The number of benzene rings is 1. The summed E-state index contributed by atoms with van der Waals surface area (Å²) in [5.41, 5.74) is 3.53. The second kappa shape index (κ2) is 4.99. The molecule has 0 saturated carbocycles.